The summed E-state index contributed by atoms with van der Waals surface area (Å²) in [6.45, 7) is 5.02. The lowest BCUT2D eigenvalue weighted by Crippen LogP contribution is -2.16. The summed E-state index contributed by atoms with van der Waals surface area (Å²) in [6.07, 6.45) is 0. The summed E-state index contributed by atoms with van der Waals surface area (Å²) in [5, 5.41) is 8.89. The first-order valence-electron chi connectivity index (χ1n) is 6.58. The minimum atomic E-state index is -0.895. The SMILES string of the molecule is Cc1ccc(CN(C)c2ccc(C(=O)O)cc2)cc1C. The van der Waals surface area contributed by atoms with Gasteiger partial charge in [-0.05, 0) is 54.8 Å². The molecule has 20 heavy (non-hydrogen) atoms. The van der Waals surface area contributed by atoms with Crippen LogP contribution in [-0.4, -0.2) is 18.1 Å². The average molecular weight is 269 g/mol. The van der Waals surface area contributed by atoms with Gasteiger partial charge in [0.1, 0.15) is 0 Å². The smallest absolute Gasteiger partial charge is 0.335 e. The summed E-state index contributed by atoms with van der Waals surface area (Å²) in [5.74, 6) is -0.895. The second-order valence-electron chi connectivity index (χ2n) is 5.13. The highest BCUT2D eigenvalue weighted by Gasteiger charge is 2.06. The van der Waals surface area contributed by atoms with Gasteiger partial charge in [-0.2, -0.15) is 0 Å². The maximum atomic E-state index is 10.8. The molecule has 0 bridgehead atoms. The van der Waals surface area contributed by atoms with Gasteiger partial charge in [0.25, 0.3) is 0 Å². The van der Waals surface area contributed by atoms with Gasteiger partial charge < -0.3 is 10.0 Å². The molecule has 0 heterocycles. The zero-order chi connectivity index (χ0) is 14.7. The molecule has 2 aromatic carbocycles. The van der Waals surface area contributed by atoms with Crippen molar-refractivity contribution in [1.82, 2.24) is 0 Å². The van der Waals surface area contributed by atoms with E-state index in [4.69, 9.17) is 5.11 Å². The van der Waals surface area contributed by atoms with Gasteiger partial charge >= 0.3 is 5.97 Å². The van der Waals surface area contributed by atoms with E-state index in [1.807, 2.05) is 19.2 Å². The van der Waals surface area contributed by atoms with Crippen LogP contribution in [-0.2, 0) is 6.54 Å². The van der Waals surface area contributed by atoms with Crippen LogP contribution >= 0.6 is 0 Å². The maximum absolute atomic E-state index is 10.8. The van der Waals surface area contributed by atoms with E-state index in [9.17, 15) is 4.79 Å². The highest BCUT2D eigenvalue weighted by molar-refractivity contribution is 5.88. The van der Waals surface area contributed by atoms with Crippen LogP contribution in [0.4, 0.5) is 5.69 Å². The third kappa shape index (κ3) is 3.18. The van der Waals surface area contributed by atoms with Gasteiger partial charge in [0.2, 0.25) is 0 Å². The van der Waals surface area contributed by atoms with E-state index in [1.54, 1.807) is 12.1 Å². The molecule has 0 aromatic heterocycles. The third-order valence-corrected chi connectivity index (χ3v) is 3.55. The van der Waals surface area contributed by atoms with E-state index in [0.29, 0.717) is 5.56 Å². The number of hydrogen-bond donors (Lipinski definition) is 1. The number of hydrogen-bond acceptors (Lipinski definition) is 2. The zero-order valence-electron chi connectivity index (χ0n) is 12.1. The Balaban J connectivity index is 2.12. The number of aryl methyl sites for hydroxylation is 2. The quantitative estimate of drug-likeness (QED) is 0.921. The molecule has 3 heteroatoms. The molecule has 0 radical (unpaired) electrons. The lowest BCUT2D eigenvalue weighted by Gasteiger charge is -2.20. The van der Waals surface area contributed by atoms with Crippen molar-refractivity contribution in [3.05, 3.63) is 64.7 Å². The Labute approximate surface area is 119 Å². The Kier molecular flexibility index (Phi) is 4.08. The molecule has 0 saturated carbocycles. The molecule has 0 spiro atoms. The van der Waals surface area contributed by atoms with E-state index < -0.39 is 5.97 Å². The first-order chi connectivity index (χ1) is 9.47. The minimum absolute atomic E-state index is 0.313. The average Bonchev–Trinajstić information content (AvgIpc) is 2.43. The van der Waals surface area contributed by atoms with Crippen LogP contribution in [0.2, 0.25) is 0 Å². The highest BCUT2D eigenvalue weighted by atomic mass is 16.4. The molecule has 0 aliphatic rings. The van der Waals surface area contributed by atoms with Crippen LogP contribution in [0.25, 0.3) is 0 Å². The number of benzene rings is 2. The number of carboxylic acids is 1. The van der Waals surface area contributed by atoms with Crippen molar-refractivity contribution in [3.63, 3.8) is 0 Å². The first-order valence-corrected chi connectivity index (χ1v) is 6.58. The van der Waals surface area contributed by atoms with E-state index in [2.05, 4.69) is 36.9 Å². The van der Waals surface area contributed by atoms with Crippen molar-refractivity contribution in [3.8, 4) is 0 Å². The van der Waals surface area contributed by atoms with Crippen molar-refractivity contribution < 1.29 is 9.90 Å². The fourth-order valence-corrected chi connectivity index (χ4v) is 2.13. The molecular weight excluding hydrogens is 250 g/mol. The van der Waals surface area contributed by atoms with Gasteiger partial charge in [-0.3, -0.25) is 0 Å². The fourth-order valence-electron chi connectivity index (χ4n) is 2.13. The molecule has 2 aromatic rings. The van der Waals surface area contributed by atoms with Gasteiger partial charge in [0, 0.05) is 19.3 Å². The van der Waals surface area contributed by atoms with Crippen molar-refractivity contribution in [2.45, 2.75) is 20.4 Å². The van der Waals surface area contributed by atoms with Crippen molar-refractivity contribution in [2.24, 2.45) is 0 Å². The molecular formula is C17H19NO2. The van der Waals surface area contributed by atoms with Crippen LogP contribution in [0.3, 0.4) is 0 Å². The number of carbonyl (C=O) groups is 1. The van der Waals surface area contributed by atoms with E-state index in [-0.39, 0.29) is 0 Å². The normalized spacial score (nSPS) is 10.3. The summed E-state index contributed by atoms with van der Waals surface area (Å²) in [6, 6.07) is 13.4. The molecule has 1 N–H and O–H groups in total. The minimum Gasteiger partial charge on any atom is -0.478 e. The number of aromatic carboxylic acids is 1. The van der Waals surface area contributed by atoms with Crippen LogP contribution < -0.4 is 4.90 Å². The Bertz CT molecular complexity index is 617. The van der Waals surface area contributed by atoms with E-state index in [1.165, 1.54) is 16.7 Å². The predicted molar refractivity (Wildman–Crippen MR) is 81.4 cm³/mol. The summed E-state index contributed by atoms with van der Waals surface area (Å²) in [4.78, 5) is 12.9. The van der Waals surface area contributed by atoms with Crippen molar-refractivity contribution in [1.29, 1.82) is 0 Å². The van der Waals surface area contributed by atoms with Gasteiger partial charge in [-0.25, -0.2) is 4.79 Å². The van der Waals surface area contributed by atoms with Gasteiger partial charge in [0.05, 0.1) is 5.56 Å². The van der Waals surface area contributed by atoms with Gasteiger partial charge in [-0.15, -0.1) is 0 Å². The fraction of sp³-hybridized carbons (Fsp3) is 0.235. The molecule has 0 atom stereocenters. The number of anilines is 1. The molecule has 0 saturated heterocycles. The van der Waals surface area contributed by atoms with Crippen LogP contribution in [0.1, 0.15) is 27.0 Å². The van der Waals surface area contributed by atoms with Crippen LogP contribution in [0.5, 0.6) is 0 Å². The predicted octanol–water partition coefficient (Wildman–Crippen LogP) is 3.64. The first kappa shape index (κ1) is 14.1. The molecule has 2 rings (SSSR count). The number of rotatable bonds is 4. The summed E-state index contributed by atoms with van der Waals surface area (Å²) in [5.41, 5.74) is 5.15. The van der Waals surface area contributed by atoms with E-state index in [0.717, 1.165) is 12.2 Å². The summed E-state index contributed by atoms with van der Waals surface area (Å²) < 4.78 is 0. The largest absolute Gasteiger partial charge is 0.478 e. The van der Waals surface area contributed by atoms with Crippen LogP contribution in [0, 0.1) is 13.8 Å². The zero-order valence-corrected chi connectivity index (χ0v) is 12.1. The molecule has 0 amide bonds. The third-order valence-electron chi connectivity index (χ3n) is 3.55. The Hall–Kier alpha value is -2.29. The Morgan fingerprint density at radius 3 is 2.25 bits per heavy atom. The van der Waals surface area contributed by atoms with Crippen LogP contribution in [0.15, 0.2) is 42.5 Å². The molecule has 0 fully saturated rings. The molecule has 104 valence electrons. The molecule has 0 aliphatic heterocycles. The summed E-state index contributed by atoms with van der Waals surface area (Å²) in [7, 11) is 2.00. The summed E-state index contributed by atoms with van der Waals surface area (Å²) >= 11 is 0. The van der Waals surface area contributed by atoms with Crippen molar-refractivity contribution in [2.75, 3.05) is 11.9 Å². The monoisotopic (exact) mass is 269 g/mol. The molecule has 0 unspecified atom stereocenters. The maximum Gasteiger partial charge on any atom is 0.335 e. The van der Waals surface area contributed by atoms with Gasteiger partial charge in [0.15, 0.2) is 0 Å². The van der Waals surface area contributed by atoms with E-state index >= 15 is 0 Å². The Morgan fingerprint density at radius 2 is 1.70 bits per heavy atom. The Morgan fingerprint density at radius 1 is 1.05 bits per heavy atom. The number of carboxylic acid groups (broad SMARTS) is 1. The molecule has 0 aliphatic carbocycles. The second kappa shape index (κ2) is 5.78. The molecule has 3 nitrogen and oxygen atoms in total. The lowest BCUT2D eigenvalue weighted by atomic mass is 10.1. The van der Waals surface area contributed by atoms with Crippen molar-refractivity contribution >= 4 is 11.7 Å². The topological polar surface area (TPSA) is 40.5 Å². The van der Waals surface area contributed by atoms with Gasteiger partial charge in [-0.1, -0.05) is 18.2 Å². The second-order valence-corrected chi connectivity index (χ2v) is 5.13. The number of nitrogens with zero attached hydrogens (tertiary/aromatic N) is 1. The standard InChI is InChI=1S/C17H19NO2/c1-12-4-5-14(10-13(12)2)11-18(3)16-8-6-15(7-9-16)17(19)20/h4-10H,11H2,1-3H3,(H,19,20). The lowest BCUT2D eigenvalue weighted by molar-refractivity contribution is 0.0697. The highest BCUT2D eigenvalue weighted by Crippen LogP contribution is 2.18.